The minimum atomic E-state index is 0.143. The molecule has 2 N–H and O–H groups in total. The predicted molar refractivity (Wildman–Crippen MR) is 83.8 cm³/mol. The third kappa shape index (κ3) is 3.60. The summed E-state index contributed by atoms with van der Waals surface area (Å²) < 4.78 is 5.94. The number of benzene rings is 1. The Morgan fingerprint density at radius 3 is 2.55 bits per heavy atom. The number of furan rings is 1. The van der Waals surface area contributed by atoms with Crippen molar-refractivity contribution in [2.45, 2.75) is 12.5 Å². The molecule has 0 saturated carbocycles. The van der Waals surface area contributed by atoms with Crippen molar-refractivity contribution < 1.29 is 4.42 Å². The summed E-state index contributed by atoms with van der Waals surface area (Å²) in [7, 11) is 6.31. The molecule has 0 amide bonds. The number of hydrogen-bond donors (Lipinski definition) is 1. The Bertz CT molecular complexity index is 502. The minimum Gasteiger partial charge on any atom is -0.459 e. The molecule has 0 aliphatic carbocycles. The number of nitrogens with two attached hydrogens (primary N) is 1. The highest BCUT2D eigenvalue weighted by Crippen LogP contribution is 2.26. The molecule has 1 atom stereocenters. The molecule has 1 heterocycles. The molecule has 2 aromatic rings. The SMILES string of the molecule is CN(C)CCCN(C)C(CN)c1cc2ccccc2o1. The van der Waals surface area contributed by atoms with Gasteiger partial charge in [0.2, 0.25) is 0 Å². The highest BCUT2D eigenvalue weighted by Gasteiger charge is 2.19. The molecular formula is C16H25N3O. The maximum Gasteiger partial charge on any atom is 0.134 e. The Labute approximate surface area is 121 Å². The van der Waals surface area contributed by atoms with E-state index < -0.39 is 0 Å². The summed E-state index contributed by atoms with van der Waals surface area (Å²) in [5.74, 6) is 0.959. The predicted octanol–water partition coefficient (Wildman–Crippen LogP) is 2.32. The maximum atomic E-state index is 5.95. The first-order valence-corrected chi connectivity index (χ1v) is 7.15. The number of para-hydroxylation sites is 1. The molecule has 0 aliphatic heterocycles. The molecule has 0 fully saturated rings. The molecule has 0 radical (unpaired) electrons. The van der Waals surface area contributed by atoms with Crippen LogP contribution < -0.4 is 5.73 Å². The van der Waals surface area contributed by atoms with E-state index in [-0.39, 0.29) is 6.04 Å². The number of rotatable bonds is 7. The topological polar surface area (TPSA) is 45.6 Å². The lowest BCUT2D eigenvalue weighted by Gasteiger charge is -2.25. The van der Waals surface area contributed by atoms with Crippen LogP contribution in [-0.2, 0) is 0 Å². The molecular weight excluding hydrogens is 250 g/mol. The van der Waals surface area contributed by atoms with Crippen LogP contribution >= 0.6 is 0 Å². The zero-order chi connectivity index (χ0) is 14.5. The summed E-state index contributed by atoms with van der Waals surface area (Å²) in [6, 6.07) is 10.3. The molecule has 0 bridgehead atoms. The molecule has 1 aromatic heterocycles. The number of likely N-dealkylation sites (N-methyl/N-ethyl adjacent to an activating group) is 1. The highest BCUT2D eigenvalue weighted by atomic mass is 16.3. The van der Waals surface area contributed by atoms with E-state index in [4.69, 9.17) is 10.2 Å². The molecule has 0 spiro atoms. The van der Waals surface area contributed by atoms with E-state index in [1.807, 2.05) is 18.2 Å². The monoisotopic (exact) mass is 275 g/mol. The van der Waals surface area contributed by atoms with E-state index in [1.165, 1.54) is 0 Å². The van der Waals surface area contributed by atoms with Crippen LogP contribution in [-0.4, -0.2) is 50.6 Å². The van der Waals surface area contributed by atoms with Crippen molar-refractivity contribution in [2.24, 2.45) is 5.73 Å². The van der Waals surface area contributed by atoms with Gasteiger partial charge in [0.15, 0.2) is 0 Å². The largest absolute Gasteiger partial charge is 0.459 e. The lowest BCUT2D eigenvalue weighted by atomic mass is 10.1. The first kappa shape index (κ1) is 15.0. The fraction of sp³-hybridized carbons (Fsp3) is 0.500. The summed E-state index contributed by atoms with van der Waals surface area (Å²) >= 11 is 0. The summed E-state index contributed by atoms with van der Waals surface area (Å²) in [5, 5.41) is 1.14. The van der Waals surface area contributed by atoms with Crippen LogP contribution in [0.25, 0.3) is 11.0 Å². The Hall–Kier alpha value is -1.36. The van der Waals surface area contributed by atoms with Gasteiger partial charge in [0.1, 0.15) is 11.3 Å². The van der Waals surface area contributed by atoms with Gasteiger partial charge >= 0.3 is 0 Å². The minimum absolute atomic E-state index is 0.143. The smallest absolute Gasteiger partial charge is 0.134 e. The maximum absolute atomic E-state index is 5.95. The van der Waals surface area contributed by atoms with Gasteiger partial charge in [-0.25, -0.2) is 0 Å². The van der Waals surface area contributed by atoms with Crippen LogP contribution in [0.5, 0.6) is 0 Å². The van der Waals surface area contributed by atoms with E-state index >= 15 is 0 Å². The average Bonchev–Trinajstić information content (AvgIpc) is 2.82. The molecule has 20 heavy (non-hydrogen) atoms. The molecule has 1 unspecified atom stereocenters. The van der Waals surface area contributed by atoms with E-state index in [9.17, 15) is 0 Å². The van der Waals surface area contributed by atoms with Crippen molar-refractivity contribution in [3.63, 3.8) is 0 Å². The van der Waals surface area contributed by atoms with Crippen LogP contribution in [0.1, 0.15) is 18.2 Å². The summed E-state index contributed by atoms with van der Waals surface area (Å²) in [6.07, 6.45) is 1.13. The second kappa shape index (κ2) is 6.88. The third-order valence-corrected chi connectivity index (χ3v) is 3.64. The van der Waals surface area contributed by atoms with Crippen molar-refractivity contribution in [1.29, 1.82) is 0 Å². The first-order chi connectivity index (χ1) is 9.61. The fourth-order valence-electron chi connectivity index (χ4n) is 2.47. The van der Waals surface area contributed by atoms with Gasteiger partial charge in [-0.1, -0.05) is 18.2 Å². The van der Waals surface area contributed by atoms with Crippen molar-refractivity contribution in [3.05, 3.63) is 36.1 Å². The third-order valence-electron chi connectivity index (χ3n) is 3.64. The van der Waals surface area contributed by atoms with Gasteiger partial charge in [0, 0.05) is 11.9 Å². The first-order valence-electron chi connectivity index (χ1n) is 7.15. The van der Waals surface area contributed by atoms with Crippen molar-refractivity contribution in [2.75, 3.05) is 40.8 Å². The molecule has 0 saturated heterocycles. The van der Waals surface area contributed by atoms with Crippen LogP contribution in [0.3, 0.4) is 0 Å². The van der Waals surface area contributed by atoms with Crippen LogP contribution in [0.15, 0.2) is 34.7 Å². The molecule has 4 heteroatoms. The summed E-state index contributed by atoms with van der Waals surface area (Å²) in [6.45, 7) is 2.66. The van der Waals surface area contributed by atoms with Gasteiger partial charge in [-0.2, -0.15) is 0 Å². The van der Waals surface area contributed by atoms with Crippen LogP contribution in [0.4, 0.5) is 0 Å². The number of nitrogens with zero attached hydrogens (tertiary/aromatic N) is 2. The lowest BCUT2D eigenvalue weighted by Crippen LogP contribution is -2.32. The fourth-order valence-corrected chi connectivity index (χ4v) is 2.47. The van der Waals surface area contributed by atoms with Crippen molar-refractivity contribution in [1.82, 2.24) is 9.80 Å². The Morgan fingerprint density at radius 1 is 1.15 bits per heavy atom. The molecule has 110 valence electrons. The molecule has 0 aliphatic rings. The normalized spacial score (nSPS) is 13.5. The quantitative estimate of drug-likeness (QED) is 0.842. The zero-order valence-electron chi connectivity index (χ0n) is 12.7. The second-order valence-electron chi connectivity index (χ2n) is 5.58. The Kier molecular flexibility index (Phi) is 5.17. The number of fused-ring (bicyclic) bond motifs is 1. The van der Waals surface area contributed by atoms with Gasteiger partial charge in [0.05, 0.1) is 6.04 Å². The van der Waals surface area contributed by atoms with Gasteiger partial charge < -0.3 is 15.1 Å². The zero-order valence-corrected chi connectivity index (χ0v) is 12.7. The summed E-state index contributed by atoms with van der Waals surface area (Å²) in [4.78, 5) is 4.48. The van der Waals surface area contributed by atoms with Gasteiger partial charge in [-0.3, -0.25) is 4.90 Å². The molecule has 1 aromatic carbocycles. The van der Waals surface area contributed by atoms with E-state index in [0.717, 1.165) is 36.2 Å². The van der Waals surface area contributed by atoms with Crippen LogP contribution in [0.2, 0.25) is 0 Å². The van der Waals surface area contributed by atoms with E-state index in [0.29, 0.717) is 6.54 Å². The summed E-state index contributed by atoms with van der Waals surface area (Å²) in [5.41, 5.74) is 6.88. The second-order valence-corrected chi connectivity index (χ2v) is 5.58. The molecule has 2 rings (SSSR count). The van der Waals surface area contributed by atoms with Gasteiger partial charge in [-0.15, -0.1) is 0 Å². The van der Waals surface area contributed by atoms with E-state index in [2.05, 4.69) is 43.1 Å². The Balaban J connectivity index is 2.06. The van der Waals surface area contributed by atoms with Gasteiger partial charge in [0.25, 0.3) is 0 Å². The van der Waals surface area contributed by atoms with Gasteiger partial charge in [-0.05, 0) is 52.8 Å². The van der Waals surface area contributed by atoms with Crippen molar-refractivity contribution >= 4 is 11.0 Å². The lowest BCUT2D eigenvalue weighted by molar-refractivity contribution is 0.213. The highest BCUT2D eigenvalue weighted by molar-refractivity contribution is 5.77. The average molecular weight is 275 g/mol. The molecule has 4 nitrogen and oxygen atoms in total. The Morgan fingerprint density at radius 2 is 1.90 bits per heavy atom. The van der Waals surface area contributed by atoms with Crippen LogP contribution in [0, 0.1) is 0 Å². The standard InChI is InChI=1S/C16H25N3O/c1-18(2)9-6-10-19(3)14(12-17)16-11-13-7-4-5-8-15(13)20-16/h4-5,7-8,11,14H,6,9-10,12,17H2,1-3H3. The number of hydrogen-bond acceptors (Lipinski definition) is 4. The van der Waals surface area contributed by atoms with E-state index in [1.54, 1.807) is 0 Å². The van der Waals surface area contributed by atoms with Crippen molar-refractivity contribution in [3.8, 4) is 0 Å².